The van der Waals surface area contributed by atoms with Crippen LogP contribution in [-0.4, -0.2) is 23.9 Å². The number of benzene rings is 1. The molecule has 1 aromatic rings. The zero-order valence-corrected chi connectivity index (χ0v) is 8.62. The van der Waals surface area contributed by atoms with E-state index in [4.69, 9.17) is 10.8 Å². The molecule has 0 fully saturated rings. The van der Waals surface area contributed by atoms with Crippen LogP contribution in [-0.2, 0) is 11.2 Å². The van der Waals surface area contributed by atoms with Gasteiger partial charge in [-0.25, -0.2) is 0 Å². The van der Waals surface area contributed by atoms with Crippen LogP contribution in [0.5, 0.6) is 5.75 Å². The Morgan fingerprint density at radius 2 is 2.06 bits per heavy atom. The Kier molecular flexibility index (Phi) is 3.82. The van der Waals surface area contributed by atoms with Crippen LogP contribution in [0, 0.1) is 0 Å². The third kappa shape index (κ3) is 4.62. The van der Waals surface area contributed by atoms with Crippen molar-refractivity contribution in [3.8, 4) is 5.75 Å². The molecule has 0 radical (unpaired) electrons. The summed E-state index contributed by atoms with van der Waals surface area (Å²) in [6.45, 7) is -1.48. The van der Waals surface area contributed by atoms with Gasteiger partial charge in [0.1, 0.15) is 5.75 Å². The molecule has 17 heavy (non-hydrogen) atoms. The van der Waals surface area contributed by atoms with Gasteiger partial charge in [0.2, 0.25) is 0 Å². The number of carbonyl (C=O) groups is 1. The molecule has 94 valence electrons. The lowest BCUT2D eigenvalue weighted by Gasteiger charge is -2.12. The van der Waals surface area contributed by atoms with E-state index in [0.29, 0.717) is 0 Å². The van der Waals surface area contributed by atoms with Crippen molar-refractivity contribution < 1.29 is 27.8 Å². The summed E-state index contributed by atoms with van der Waals surface area (Å²) in [5.41, 5.74) is 5.74. The maximum Gasteiger partial charge on any atom is 0.422 e. The first-order valence-corrected chi connectivity index (χ1v) is 4.57. The van der Waals surface area contributed by atoms with Crippen LogP contribution in [0.1, 0.15) is 5.56 Å². The number of hydrogen-bond acceptors (Lipinski definition) is 3. The largest absolute Gasteiger partial charge is 0.484 e. The van der Waals surface area contributed by atoms with E-state index in [1.807, 2.05) is 0 Å². The van der Waals surface area contributed by atoms with Gasteiger partial charge < -0.3 is 15.6 Å². The van der Waals surface area contributed by atoms with Crippen molar-refractivity contribution in [2.24, 2.45) is 0 Å². The molecular formula is C10H10F3NO3. The lowest BCUT2D eigenvalue weighted by molar-refractivity contribution is -0.153. The SMILES string of the molecule is Nc1ccc(CC(=O)O)c(OCC(F)(F)F)c1. The number of hydrogen-bond donors (Lipinski definition) is 2. The molecular weight excluding hydrogens is 239 g/mol. The van der Waals surface area contributed by atoms with Crippen LogP contribution in [0.3, 0.4) is 0 Å². The maximum absolute atomic E-state index is 12.0. The molecule has 0 aliphatic heterocycles. The van der Waals surface area contributed by atoms with Crippen LogP contribution in [0.2, 0.25) is 0 Å². The van der Waals surface area contributed by atoms with Crippen molar-refractivity contribution in [2.75, 3.05) is 12.3 Å². The highest BCUT2D eigenvalue weighted by atomic mass is 19.4. The molecule has 3 N–H and O–H groups in total. The number of nitrogen functional groups attached to an aromatic ring is 1. The third-order valence-electron chi connectivity index (χ3n) is 1.82. The van der Waals surface area contributed by atoms with Gasteiger partial charge in [0, 0.05) is 17.3 Å². The molecule has 0 aromatic heterocycles. The Morgan fingerprint density at radius 1 is 1.41 bits per heavy atom. The van der Waals surface area contributed by atoms with Gasteiger partial charge >= 0.3 is 12.1 Å². The molecule has 1 rings (SSSR count). The fourth-order valence-electron chi connectivity index (χ4n) is 1.17. The average molecular weight is 249 g/mol. The topological polar surface area (TPSA) is 72.6 Å². The fourth-order valence-corrected chi connectivity index (χ4v) is 1.17. The van der Waals surface area contributed by atoms with Crippen molar-refractivity contribution in [2.45, 2.75) is 12.6 Å². The van der Waals surface area contributed by atoms with Gasteiger partial charge in [0.15, 0.2) is 6.61 Å². The molecule has 0 amide bonds. The molecule has 0 saturated heterocycles. The summed E-state index contributed by atoms with van der Waals surface area (Å²) in [5.74, 6) is -1.32. The van der Waals surface area contributed by atoms with Gasteiger partial charge in [0.05, 0.1) is 6.42 Å². The minimum atomic E-state index is -4.48. The van der Waals surface area contributed by atoms with E-state index in [9.17, 15) is 18.0 Å². The van der Waals surface area contributed by atoms with Crippen molar-refractivity contribution >= 4 is 11.7 Å². The first-order valence-electron chi connectivity index (χ1n) is 4.57. The van der Waals surface area contributed by atoms with Crippen LogP contribution in [0.4, 0.5) is 18.9 Å². The van der Waals surface area contributed by atoms with Crippen LogP contribution in [0.25, 0.3) is 0 Å². The number of alkyl halides is 3. The Bertz CT molecular complexity index is 418. The summed E-state index contributed by atoms with van der Waals surface area (Å²) in [4.78, 5) is 10.5. The lowest BCUT2D eigenvalue weighted by atomic mass is 10.1. The summed E-state index contributed by atoms with van der Waals surface area (Å²) < 4.78 is 40.4. The quantitative estimate of drug-likeness (QED) is 0.798. The van der Waals surface area contributed by atoms with E-state index in [2.05, 4.69) is 4.74 Å². The number of rotatable bonds is 4. The minimum Gasteiger partial charge on any atom is -0.484 e. The Labute approximate surface area is 94.8 Å². The van der Waals surface area contributed by atoms with E-state index >= 15 is 0 Å². The number of carboxylic acids is 1. The standard InChI is InChI=1S/C10H10F3NO3/c11-10(12,13)5-17-8-4-7(14)2-1-6(8)3-9(15)16/h1-2,4H,3,5,14H2,(H,15,16). The van der Waals surface area contributed by atoms with Gasteiger partial charge in [-0.05, 0) is 6.07 Å². The lowest BCUT2D eigenvalue weighted by Crippen LogP contribution is -2.20. The first-order chi connectivity index (χ1) is 7.78. The summed E-state index contributed by atoms with van der Waals surface area (Å²) >= 11 is 0. The second-order valence-corrected chi connectivity index (χ2v) is 3.34. The highest BCUT2D eigenvalue weighted by Gasteiger charge is 2.28. The second kappa shape index (κ2) is 4.94. The van der Waals surface area contributed by atoms with Crippen LogP contribution in [0.15, 0.2) is 18.2 Å². The normalized spacial score (nSPS) is 11.2. The molecule has 0 bridgehead atoms. The molecule has 0 unspecified atom stereocenters. The molecule has 0 aliphatic carbocycles. The fraction of sp³-hybridized carbons (Fsp3) is 0.300. The highest BCUT2D eigenvalue weighted by molar-refractivity contribution is 5.71. The molecule has 0 atom stereocenters. The zero-order chi connectivity index (χ0) is 13.1. The molecule has 4 nitrogen and oxygen atoms in total. The van der Waals surface area contributed by atoms with Gasteiger partial charge in [-0.15, -0.1) is 0 Å². The number of nitrogens with two attached hydrogens (primary N) is 1. The van der Waals surface area contributed by atoms with E-state index in [1.165, 1.54) is 18.2 Å². The molecule has 7 heteroatoms. The zero-order valence-electron chi connectivity index (χ0n) is 8.62. The maximum atomic E-state index is 12.0. The highest BCUT2D eigenvalue weighted by Crippen LogP contribution is 2.25. The third-order valence-corrected chi connectivity index (χ3v) is 1.82. The molecule has 0 heterocycles. The van der Waals surface area contributed by atoms with E-state index < -0.39 is 25.2 Å². The van der Waals surface area contributed by atoms with E-state index in [-0.39, 0.29) is 17.0 Å². The van der Waals surface area contributed by atoms with E-state index in [0.717, 1.165) is 0 Å². The van der Waals surface area contributed by atoms with Crippen molar-refractivity contribution in [1.82, 2.24) is 0 Å². The van der Waals surface area contributed by atoms with Crippen molar-refractivity contribution in [3.05, 3.63) is 23.8 Å². The molecule has 1 aromatic carbocycles. The average Bonchev–Trinajstić information content (AvgIpc) is 2.16. The van der Waals surface area contributed by atoms with Crippen molar-refractivity contribution in [3.63, 3.8) is 0 Å². The van der Waals surface area contributed by atoms with E-state index in [1.54, 1.807) is 0 Å². The molecule has 0 aliphatic rings. The van der Waals surface area contributed by atoms with Gasteiger partial charge in [-0.1, -0.05) is 6.07 Å². The summed E-state index contributed by atoms with van der Waals surface area (Å²) in [7, 11) is 0. The Balaban J connectivity index is 2.87. The number of carboxylic acid groups (broad SMARTS) is 1. The van der Waals surface area contributed by atoms with Crippen LogP contribution < -0.4 is 10.5 Å². The molecule has 0 spiro atoms. The number of anilines is 1. The van der Waals surface area contributed by atoms with Crippen LogP contribution >= 0.6 is 0 Å². The number of aliphatic carboxylic acids is 1. The number of ether oxygens (including phenoxy) is 1. The Hall–Kier alpha value is -1.92. The summed E-state index contributed by atoms with van der Waals surface area (Å²) in [6, 6.07) is 3.90. The second-order valence-electron chi connectivity index (χ2n) is 3.34. The molecule has 0 saturated carbocycles. The minimum absolute atomic E-state index is 0.149. The predicted octanol–water partition coefficient (Wildman–Crippen LogP) is 1.84. The smallest absolute Gasteiger partial charge is 0.422 e. The summed E-state index contributed by atoms with van der Waals surface area (Å²) in [5, 5.41) is 8.58. The van der Waals surface area contributed by atoms with Gasteiger partial charge in [-0.3, -0.25) is 4.79 Å². The monoisotopic (exact) mass is 249 g/mol. The van der Waals surface area contributed by atoms with Gasteiger partial charge in [-0.2, -0.15) is 13.2 Å². The van der Waals surface area contributed by atoms with Gasteiger partial charge in [0.25, 0.3) is 0 Å². The number of halogens is 3. The predicted molar refractivity (Wildman–Crippen MR) is 53.7 cm³/mol. The van der Waals surface area contributed by atoms with Crippen molar-refractivity contribution in [1.29, 1.82) is 0 Å². The summed E-state index contributed by atoms with van der Waals surface area (Å²) in [6.07, 6.45) is -4.90. The Morgan fingerprint density at radius 3 is 2.59 bits per heavy atom. The first kappa shape index (κ1) is 13.1.